The third kappa shape index (κ3) is 3.24. The van der Waals surface area contributed by atoms with Gasteiger partial charge in [0.05, 0.1) is 25.8 Å². The maximum Gasteiger partial charge on any atom is 0.256 e. The molecule has 1 amide bonds. The zero-order valence-electron chi connectivity index (χ0n) is 16.1. The zero-order valence-corrected chi connectivity index (χ0v) is 17.0. The molecule has 28 heavy (non-hydrogen) atoms. The fourth-order valence-electron chi connectivity index (χ4n) is 3.68. The normalized spacial score (nSPS) is 15.8. The highest BCUT2D eigenvalue weighted by Crippen LogP contribution is 2.42. The van der Waals surface area contributed by atoms with Gasteiger partial charge in [-0.3, -0.25) is 9.78 Å². The second-order valence-corrected chi connectivity index (χ2v) is 7.74. The Morgan fingerprint density at radius 1 is 1.18 bits per heavy atom. The number of benzene rings is 1. The SMILES string of the molecule is COc1cc2c(cc1OC)C(c1cccs1)N(C(=O)c1ccc(C)nc1)CC2. The summed E-state index contributed by atoms with van der Waals surface area (Å²) in [6.45, 7) is 2.55. The third-order valence-electron chi connectivity index (χ3n) is 5.11. The molecule has 1 aliphatic heterocycles. The molecule has 0 fully saturated rings. The molecular weight excluding hydrogens is 372 g/mol. The molecule has 0 radical (unpaired) electrons. The lowest BCUT2D eigenvalue weighted by Gasteiger charge is -2.37. The van der Waals surface area contributed by atoms with Gasteiger partial charge in [0, 0.05) is 23.3 Å². The number of aryl methyl sites for hydroxylation is 1. The molecule has 0 bridgehead atoms. The summed E-state index contributed by atoms with van der Waals surface area (Å²) in [5, 5.41) is 2.04. The van der Waals surface area contributed by atoms with Crippen molar-refractivity contribution in [1.29, 1.82) is 0 Å². The largest absolute Gasteiger partial charge is 0.493 e. The quantitative estimate of drug-likeness (QED) is 0.664. The molecule has 6 heteroatoms. The Balaban J connectivity index is 1.81. The predicted molar refractivity (Wildman–Crippen MR) is 109 cm³/mol. The van der Waals surface area contributed by atoms with E-state index < -0.39 is 0 Å². The third-order valence-corrected chi connectivity index (χ3v) is 6.03. The van der Waals surface area contributed by atoms with Crippen LogP contribution in [0.25, 0.3) is 0 Å². The molecule has 1 aromatic carbocycles. The van der Waals surface area contributed by atoms with Crippen molar-refractivity contribution in [1.82, 2.24) is 9.88 Å². The number of hydrogen-bond donors (Lipinski definition) is 0. The van der Waals surface area contributed by atoms with E-state index in [0.29, 0.717) is 23.6 Å². The van der Waals surface area contributed by atoms with Gasteiger partial charge >= 0.3 is 0 Å². The van der Waals surface area contributed by atoms with Crippen LogP contribution in [0.1, 0.15) is 38.1 Å². The van der Waals surface area contributed by atoms with E-state index in [-0.39, 0.29) is 11.9 Å². The van der Waals surface area contributed by atoms with E-state index in [1.165, 1.54) is 5.56 Å². The molecule has 144 valence electrons. The highest BCUT2D eigenvalue weighted by molar-refractivity contribution is 7.10. The minimum absolute atomic E-state index is 0.00802. The van der Waals surface area contributed by atoms with Gasteiger partial charge in [0.2, 0.25) is 0 Å². The summed E-state index contributed by atoms with van der Waals surface area (Å²) < 4.78 is 11.0. The number of carbonyl (C=O) groups is 1. The predicted octanol–water partition coefficient (Wildman–Crippen LogP) is 4.26. The van der Waals surface area contributed by atoms with Crippen LogP contribution in [0.5, 0.6) is 11.5 Å². The Labute approximate surface area is 168 Å². The van der Waals surface area contributed by atoms with Crippen molar-refractivity contribution in [3.63, 3.8) is 0 Å². The average molecular weight is 394 g/mol. The van der Waals surface area contributed by atoms with Crippen molar-refractivity contribution in [2.75, 3.05) is 20.8 Å². The summed E-state index contributed by atoms with van der Waals surface area (Å²) in [7, 11) is 3.28. The van der Waals surface area contributed by atoms with E-state index in [2.05, 4.69) is 11.1 Å². The molecule has 1 atom stereocenters. The fraction of sp³-hybridized carbons (Fsp3) is 0.273. The lowest BCUT2D eigenvalue weighted by molar-refractivity contribution is 0.0696. The van der Waals surface area contributed by atoms with Crippen molar-refractivity contribution < 1.29 is 14.3 Å². The lowest BCUT2D eigenvalue weighted by Crippen LogP contribution is -2.40. The Morgan fingerprint density at radius 2 is 1.96 bits per heavy atom. The molecule has 4 rings (SSSR count). The molecule has 1 aliphatic rings. The number of nitrogens with zero attached hydrogens (tertiary/aromatic N) is 2. The lowest BCUT2D eigenvalue weighted by atomic mass is 9.90. The van der Waals surface area contributed by atoms with E-state index in [4.69, 9.17) is 9.47 Å². The van der Waals surface area contributed by atoms with Crippen molar-refractivity contribution in [3.05, 3.63) is 75.2 Å². The van der Waals surface area contributed by atoms with Crippen LogP contribution in [-0.4, -0.2) is 36.6 Å². The molecule has 3 aromatic rings. The van der Waals surface area contributed by atoms with Gasteiger partial charge in [0.15, 0.2) is 11.5 Å². The Hall–Kier alpha value is -2.86. The summed E-state index contributed by atoms with van der Waals surface area (Å²) in [6.07, 6.45) is 2.43. The van der Waals surface area contributed by atoms with Crippen LogP contribution in [0.3, 0.4) is 0 Å². The topological polar surface area (TPSA) is 51.7 Å². The van der Waals surface area contributed by atoms with Gasteiger partial charge in [0.1, 0.15) is 0 Å². The molecule has 0 spiro atoms. The highest BCUT2D eigenvalue weighted by atomic mass is 32.1. The minimum Gasteiger partial charge on any atom is -0.493 e. The van der Waals surface area contributed by atoms with E-state index in [1.54, 1.807) is 31.8 Å². The van der Waals surface area contributed by atoms with E-state index in [0.717, 1.165) is 22.6 Å². The van der Waals surface area contributed by atoms with Crippen LogP contribution in [-0.2, 0) is 6.42 Å². The number of hydrogen-bond acceptors (Lipinski definition) is 5. The van der Waals surface area contributed by atoms with E-state index >= 15 is 0 Å². The maximum atomic E-state index is 13.3. The van der Waals surface area contributed by atoms with Crippen LogP contribution in [0.15, 0.2) is 48.0 Å². The maximum absolute atomic E-state index is 13.3. The minimum atomic E-state index is -0.155. The smallest absolute Gasteiger partial charge is 0.256 e. The number of amides is 1. The van der Waals surface area contributed by atoms with Crippen LogP contribution in [0.2, 0.25) is 0 Å². The van der Waals surface area contributed by atoms with Crippen LogP contribution in [0, 0.1) is 6.92 Å². The van der Waals surface area contributed by atoms with Gasteiger partial charge < -0.3 is 14.4 Å². The van der Waals surface area contributed by atoms with Crippen molar-refractivity contribution in [2.45, 2.75) is 19.4 Å². The summed E-state index contributed by atoms with van der Waals surface area (Å²) in [6, 6.07) is 11.7. The molecule has 3 heterocycles. The molecular formula is C22H22N2O3S. The van der Waals surface area contributed by atoms with Crippen LogP contribution in [0.4, 0.5) is 0 Å². The van der Waals surface area contributed by atoms with Gasteiger partial charge in [-0.2, -0.15) is 0 Å². The first-order chi connectivity index (χ1) is 13.6. The molecule has 2 aromatic heterocycles. The highest BCUT2D eigenvalue weighted by Gasteiger charge is 2.34. The van der Waals surface area contributed by atoms with Crippen LogP contribution < -0.4 is 9.47 Å². The number of fused-ring (bicyclic) bond motifs is 1. The summed E-state index contributed by atoms with van der Waals surface area (Å²) >= 11 is 1.65. The average Bonchev–Trinajstić information content (AvgIpc) is 3.26. The fourth-order valence-corrected chi connectivity index (χ4v) is 4.53. The molecule has 0 saturated heterocycles. The first-order valence-corrected chi connectivity index (χ1v) is 10.0. The van der Waals surface area contributed by atoms with Crippen molar-refractivity contribution >= 4 is 17.2 Å². The van der Waals surface area contributed by atoms with Gasteiger partial charge in [-0.1, -0.05) is 6.07 Å². The van der Waals surface area contributed by atoms with Crippen molar-refractivity contribution in [3.8, 4) is 11.5 Å². The molecule has 0 aliphatic carbocycles. The number of carbonyl (C=O) groups excluding carboxylic acids is 1. The van der Waals surface area contributed by atoms with Gasteiger partial charge in [-0.05, 0) is 60.2 Å². The molecule has 1 unspecified atom stereocenters. The number of ether oxygens (including phenoxy) is 2. The standard InChI is InChI=1S/C22H22N2O3S/c1-14-6-7-16(13-23-14)22(25)24-9-8-15-11-18(26-2)19(27-3)12-17(15)21(24)20-5-4-10-28-20/h4-7,10-13,21H,8-9H2,1-3H3. The molecule has 5 nitrogen and oxygen atoms in total. The number of aromatic nitrogens is 1. The van der Waals surface area contributed by atoms with Gasteiger partial charge in [-0.25, -0.2) is 0 Å². The molecule has 0 N–H and O–H groups in total. The first-order valence-electron chi connectivity index (χ1n) is 9.14. The Kier molecular flexibility index (Phi) is 5.05. The first kappa shape index (κ1) is 18.5. The van der Waals surface area contributed by atoms with E-state index in [9.17, 15) is 4.79 Å². The Bertz CT molecular complexity index is 984. The van der Waals surface area contributed by atoms with Crippen LogP contribution >= 0.6 is 11.3 Å². The number of pyridine rings is 1. The van der Waals surface area contributed by atoms with Gasteiger partial charge in [-0.15, -0.1) is 11.3 Å². The number of thiophene rings is 1. The van der Waals surface area contributed by atoms with Gasteiger partial charge in [0.25, 0.3) is 5.91 Å². The number of methoxy groups -OCH3 is 2. The second-order valence-electron chi connectivity index (χ2n) is 6.76. The Morgan fingerprint density at radius 3 is 2.61 bits per heavy atom. The summed E-state index contributed by atoms with van der Waals surface area (Å²) in [4.78, 5) is 20.7. The van der Waals surface area contributed by atoms with Crippen molar-refractivity contribution in [2.24, 2.45) is 0 Å². The second kappa shape index (κ2) is 7.64. The monoisotopic (exact) mass is 394 g/mol. The summed E-state index contributed by atoms with van der Waals surface area (Å²) in [5.74, 6) is 1.38. The zero-order chi connectivity index (χ0) is 19.7. The molecule has 0 saturated carbocycles. The summed E-state index contributed by atoms with van der Waals surface area (Å²) in [5.41, 5.74) is 3.77. The number of rotatable bonds is 4. The van der Waals surface area contributed by atoms with E-state index in [1.807, 2.05) is 47.5 Å².